The third-order valence-corrected chi connectivity index (χ3v) is 7.41. The van der Waals surface area contributed by atoms with Crippen LogP contribution in [0.2, 0.25) is 0 Å². The zero-order chi connectivity index (χ0) is 24.6. The molecule has 4 aromatic rings. The molecule has 2 aromatic heterocycles. The van der Waals surface area contributed by atoms with Gasteiger partial charge in [-0.1, -0.05) is 12.0 Å². The first-order chi connectivity index (χ1) is 16.8. The summed E-state index contributed by atoms with van der Waals surface area (Å²) in [5.74, 6) is 3.58. The predicted octanol–water partition coefficient (Wildman–Crippen LogP) is 4.00. The molecule has 2 heterocycles. The zero-order valence-electron chi connectivity index (χ0n) is 19.4. The minimum absolute atomic E-state index is 0.0379. The largest absolute Gasteiger partial charge is 0.340 e. The molecule has 0 amide bonds. The van der Waals surface area contributed by atoms with Crippen LogP contribution in [-0.4, -0.2) is 34.2 Å². The Labute approximate surface area is 204 Å². The summed E-state index contributed by atoms with van der Waals surface area (Å²) in [7, 11) is -3.58. The summed E-state index contributed by atoms with van der Waals surface area (Å²) < 4.78 is 30.0. The van der Waals surface area contributed by atoms with E-state index >= 15 is 0 Å². The molecule has 3 N–H and O–H groups in total. The molecule has 0 spiro atoms. The number of aromatic nitrogens is 4. The summed E-state index contributed by atoms with van der Waals surface area (Å²) in [6.07, 6.45) is 10.7. The van der Waals surface area contributed by atoms with Crippen LogP contribution in [0.25, 0.3) is 10.9 Å². The average Bonchev–Trinajstić information content (AvgIpc) is 3.54. The third-order valence-electron chi connectivity index (χ3n) is 5.75. The lowest BCUT2D eigenvalue weighted by Crippen LogP contribution is -2.26. The first-order valence-corrected chi connectivity index (χ1v) is 12.7. The van der Waals surface area contributed by atoms with E-state index in [2.05, 4.69) is 36.3 Å². The Balaban J connectivity index is 1.38. The molecule has 0 bridgehead atoms. The fourth-order valence-corrected chi connectivity index (χ4v) is 5.30. The van der Waals surface area contributed by atoms with Crippen molar-refractivity contribution in [1.82, 2.24) is 24.5 Å². The average molecular weight is 488 g/mol. The van der Waals surface area contributed by atoms with E-state index in [-0.39, 0.29) is 10.9 Å². The molecule has 9 nitrogen and oxygen atoms in total. The van der Waals surface area contributed by atoms with E-state index in [1.165, 1.54) is 0 Å². The highest BCUT2D eigenvalue weighted by atomic mass is 32.2. The molecule has 2 aromatic carbocycles. The van der Waals surface area contributed by atoms with Gasteiger partial charge in [-0.2, -0.15) is 10.1 Å². The standard InChI is InChI=1S/C25H25N7O2S/c1-4-11-32-22-10-9-20(12-18(22)15-27-32)28-24-17(3)14-26-25(30-24)29-21-6-5-16(2)23(13-21)35(33,34)31-19-7-8-19/h1,5-6,9-10,12-15,19,31H,7-8,11H2,2-3H3,(H2,26,28,29,30). The van der Waals surface area contributed by atoms with Crippen molar-refractivity contribution in [3.8, 4) is 12.3 Å². The first kappa shape index (κ1) is 22.8. The van der Waals surface area contributed by atoms with E-state index < -0.39 is 10.0 Å². The quantitative estimate of drug-likeness (QED) is 0.322. The van der Waals surface area contributed by atoms with Gasteiger partial charge in [-0.05, 0) is 62.6 Å². The number of nitrogens with zero attached hydrogens (tertiary/aromatic N) is 4. The maximum atomic E-state index is 12.7. The van der Waals surface area contributed by atoms with Gasteiger partial charge in [0.05, 0.1) is 16.6 Å². The second-order valence-electron chi connectivity index (χ2n) is 8.63. The van der Waals surface area contributed by atoms with Crippen LogP contribution in [-0.2, 0) is 16.6 Å². The normalized spacial score (nSPS) is 13.5. The molecule has 1 aliphatic carbocycles. The summed E-state index contributed by atoms with van der Waals surface area (Å²) in [6, 6.07) is 11.1. The SMILES string of the molecule is C#CCn1ncc2cc(Nc3nc(Nc4ccc(C)c(S(=O)(=O)NC5CC5)c4)ncc3C)ccc21. The van der Waals surface area contributed by atoms with Crippen LogP contribution >= 0.6 is 0 Å². The number of sulfonamides is 1. The summed E-state index contributed by atoms with van der Waals surface area (Å²) in [5, 5.41) is 11.7. The maximum absolute atomic E-state index is 12.7. The zero-order valence-corrected chi connectivity index (χ0v) is 20.2. The molecule has 0 radical (unpaired) electrons. The van der Waals surface area contributed by atoms with Crippen molar-refractivity contribution in [2.75, 3.05) is 10.6 Å². The topological polar surface area (TPSA) is 114 Å². The van der Waals surface area contributed by atoms with Gasteiger partial charge in [0.2, 0.25) is 16.0 Å². The monoisotopic (exact) mass is 487 g/mol. The Hall–Kier alpha value is -3.94. The van der Waals surface area contributed by atoms with Crippen LogP contribution in [0.1, 0.15) is 24.0 Å². The van der Waals surface area contributed by atoms with E-state index in [0.29, 0.717) is 29.6 Å². The number of hydrogen-bond acceptors (Lipinski definition) is 7. The molecule has 1 fully saturated rings. The molecule has 1 aliphatic rings. The van der Waals surface area contributed by atoms with Gasteiger partial charge in [0.15, 0.2) is 0 Å². The molecule has 0 saturated heterocycles. The van der Waals surface area contributed by atoms with Crippen molar-refractivity contribution < 1.29 is 8.42 Å². The molecular weight excluding hydrogens is 462 g/mol. The van der Waals surface area contributed by atoms with Crippen molar-refractivity contribution in [3.05, 3.63) is 59.9 Å². The fourth-order valence-electron chi connectivity index (χ4n) is 3.72. The number of benzene rings is 2. The molecular formula is C25H25N7O2S. The van der Waals surface area contributed by atoms with Gasteiger partial charge in [-0.25, -0.2) is 18.1 Å². The minimum Gasteiger partial charge on any atom is -0.340 e. The van der Waals surface area contributed by atoms with E-state index in [1.807, 2.05) is 31.2 Å². The fraction of sp³-hybridized carbons (Fsp3) is 0.240. The molecule has 178 valence electrons. The lowest BCUT2D eigenvalue weighted by Gasteiger charge is -2.13. The van der Waals surface area contributed by atoms with Crippen LogP contribution in [0, 0.1) is 26.2 Å². The predicted molar refractivity (Wildman–Crippen MR) is 136 cm³/mol. The Bertz CT molecular complexity index is 1570. The Morgan fingerprint density at radius 3 is 2.60 bits per heavy atom. The van der Waals surface area contributed by atoms with E-state index in [1.54, 1.807) is 36.1 Å². The van der Waals surface area contributed by atoms with Crippen molar-refractivity contribution >= 4 is 44.1 Å². The molecule has 10 heteroatoms. The molecule has 5 rings (SSSR count). The highest BCUT2D eigenvalue weighted by Crippen LogP contribution is 2.27. The molecule has 0 aliphatic heterocycles. The van der Waals surface area contributed by atoms with Crippen LogP contribution in [0.5, 0.6) is 0 Å². The summed E-state index contributed by atoms with van der Waals surface area (Å²) >= 11 is 0. The lowest BCUT2D eigenvalue weighted by atomic mass is 10.2. The van der Waals surface area contributed by atoms with Gasteiger partial charge in [0.1, 0.15) is 12.4 Å². The highest BCUT2D eigenvalue weighted by molar-refractivity contribution is 7.89. The van der Waals surface area contributed by atoms with Crippen molar-refractivity contribution in [2.24, 2.45) is 0 Å². The van der Waals surface area contributed by atoms with Crippen molar-refractivity contribution in [2.45, 2.75) is 44.2 Å². The van der Waals surface area contributed by atoms with Crippen LogP contribution in [0.15, 0.2) is 53.7 Å². The number of fused-ring (bicyclic) bond motifs is 1. The summed E-state index contributed by atoms with van der Waals surface area (Å²) in [6.45, 7) is 4.10. The molecule has 0 atom stereocenters. The van der Waals surface area contributed by atoms with Gasteiger partial charge in [-0.3, -0.25) is 4.68 Å². The van der Waals surface area contributed by atoms with Crippen LogP contribution in [0.4, 0.5) is 23.1 Å². The van der Waals surface area contributed by atoms with Crippen LogP contribution in [0.3, 0.4) is 0 Å². The Morgan fingerprint density at radius 2 is 1.83 bits per heavy atom. The Morgan fingerprint density at radius 1 is 1.06 bits per heavy atom. The highest BCUT2D eigenvalue weighted by Gasteiger charge is 2.29. The smallest absolute Gasteiger partial charge is 0.241 e. The molecule has 1 saturated carbocycles. The van der Waals surface area contributed by atoms with Crippen molar-refractivity contribution in [1.29, 1.82) is 0 Å². The van der Waals surface area contributed by atoms with Gasteiger partial charge >= 0.3 is 0 Å². The number of hydrogen-bond donors (Lipinski definition) is 3. The maximum Gasteiger partial charge on any atom is 0.241 e. The number of terminal acetylenes is 1. The molecule has 35 heavy (non-hydrogen) atoms. The van der Waals surface area contributed by atoms with Gasteiger partial charge in [-0.15, -0.1) is 6.42 Å². The van der Waals surface area contributed by atoms with Gasteiger partial charge in [0, 0.05) is 34.6 Å². The second-order valence-corrected chi connectivity index (χ2v) is 10.3. The van der Waals surface area contributed by atoms with E-state index in [0.717, 1.165) is 35.0 Å². The van der Waals surface area contributed by atoms with Gasteiger partial charge in [0.25, 0.3) is 0 Å². The number of aryl methyl sites for hydroxylation is 2. The number of rotatable bonds is 8. The minimum atomic E-state index is -3.58. The van der Waals surface area contributed by atoms with E-state index in [4.69, 9.17) is 6.42 Å². The summed E-state index contributed by atoms with van der Waals surface area (Å²) in [5.41, 5.74) is 3.93. The third kappa shape index (κ3) is 4.96. The number of nitrogens with one attached hydrogen (secondary N) is 3. The van der Waals surface area contributed by atoms with Crippen LogP contribution < -0.4 is 15.4 Å². The number of anilines is 4. The second kappa shape index (κ2) is 9.02. The van der Waals surface area contributed by atoms with Gasteiger partial charge < -0.3 is 10.6 Å². The first-order valence-electron chi connectivity index (χ1n) is 11.2. The molecule has 0 unspecified atom stereocenters. The van der Waals surface area contributed by atoms with E-state index in [9.17, 15) is 8.42 Å². The lowest BCUT2D eigenvalue weighted by molar-refractivity contribution is 0.580. The van der Waals surface area contributed by atoms with Crippen molar-refractivity contribution in [3.63, 3.8) is 0 Å². The summed E-state index contributed by atoms with van der Waals surface area (Å²) in [4.78, 5) is 9.22. The Kier molecular flexibility index (Phi) is 5.88.